The molecule has 1 aromatic rings. The number of nitrogens with one attached hydrogen (secondary N) is 1. The smallest absolute Gasteiger partial charge is 0.404 e. The fourth-order valence-corrected chi connectivity index (χ4v) is 6.95. The zero-order chi connectivity index (χ0) is 26.0. The van der Waals surface area contributed by atoms with Gasteiger partial charge in [-0.15, -0.1) is 0 Å². The fraction of sp³-hybridized carbons (Fsp3) is 0.724. The van der Waals surface area contributed by atoms with Crippen molar-refractivity contribution in [3.63, 3.8) is 0 Å². The molecule has 3 saturated carbocycles. The average molecular weight is 494 g/mol. The third-order valence-electron chi connectivity index (χ3n) is 9.37. The summed E-state index contributed by atoms with van der Waals surface area (Å²) in [6, 6.07) is 8.37. The predicted octanol–water partition coefficient (Wildman–Crippen LogP) is 5.28. The molecule has 4 fully saturated rings. The van der Waals surface area contributed by atoms with Crippen LogP contribution in [0.2, 0.25) is 0 Å². The van der Waals surface area contributed by atoms with Crippen molar-refractivity contribution in [1.29, 1.82) is 0 Å². The molecule has 3 aliphatic carbocycles. The Bertz CT molecular complexity index is 1050. The Kier molecular flexibility index (Phi) is 6.35. The lowest BCUT2D eigenvalue weighted by atomic mass is 9.43. The van der Waals surface area contributed by atoms with E-state index in [0.717, 1.165) is 24.1 Å². The molecule has 2 bridgehead atoms. The Labute approximate surface area is 217 Å². The van der Waals surface area contributed by atoms with Gasteiger partial charge in [0.25, 0.3) is 5.91 Å². The van der Waals surface area contributed by atoms with Crippen LogP contribution in [0.15, 0.2) is 29.4 Å². The largest absolute Gasteiger partial charge is 0.481 e. The number of nitrogens with zero attached hydrogens (tertiary/aromatic N) is 1. The number of hydrogen-bond acceptors (Lipinski definition) is 5. The van der Waals surface area contributed by atoms with Crippen molar-refractivity contribution < 1.29 is 18.9 Å². The van der Waals surface area contributed by atoms with E-state index in [1.54, 1.807) is 0 Å². The van der Waals surface area contributed by atoms with Gasteiger partial charge in [0.2, 0.25) is 6.10 Å². The molecule has 2 heterocycles. The van der Waals surface area contributed by atoms with E-state index in [2.05, 4.69) is 78.0 Å². The molecule has 1 N–H and O–H groups in total. The van der Waals surface area contributed by atoms with Crippen LogP contribution in [0.5, 0.6) is 0 Å². The van der Waals surface area contributed by atoms with Crippen molar-refractivity contribution in [2.75, 3.05) is 0 Å². The molecule has 1 amide bonds. The summed E-state index contributed by atoms with van der Waals surface area (Å²) < 4.78 is 13.2. The Morgan fingerprint density at radius 1 is 1.22 bits per heavy atom. The van der Waals surface area contributed by atoms with E-state index < -0.39 is 13.2 Å². The maximum Gasteiger partial charge on any atom is 0.481 e. The van der Waals surface area contributed by atoms with Gasteiger partial charge in [0.1, 0.15) is 0 Å². The van der Waals surface area contributed by atoms with Gasteiger partial charge in [0, 0.05) is 6.42 Å². The average Bonchev–Trinajstić information content (AvgIpc) is 3.42. The molecule has 0 spiro atoms. The van der Waals surface area contributed by atoms with Gasteiger partial charge in [-0.25, -0.2) is 0 Å². The zero-order valence-corrected chi connectivity index (χ0v) is 23.3. The molecule has 0 radical (unpaired) electrons. The van der Waals surface area contributed by atoms with E-state index >= 15 is 0 Å². The molecule has 1 unspecified atom stereocenters. The maximum atomic E-state index is 13.3. The number of carbonyl (C=O) groups excluding carboxylic acids is 1. The van der Waals surface area contributed by atoms with Gasteiger partial charge in [-0.2, -0.15) is 0 Å². The van der Waals surface area contributed by atoms with Gasteiger partial charge >= 0.3 is 7.12 Å². The monoisotopic (exact) mass is 494 g/mol. The van der Waals surface area contributed by atoms with E-state index in [-0.39, 0.29) is 34.4 Å². The summed E-state index contributed by atoms with van der Waals surface area (Å²) in [5, 5.41) is 7.52. The third-order valence-corrected chi connectivity index (χ3v) is 9.37. The molecular weight excluding hydrogens is 451 g/mol. The van der Waals surface area contributed by atoms with Crippen LogP contribution in [-0.4, -0.2) is 42.5 Å². The van der Waals surface area contributed by atoms with Crippen LogP contribution in [-0.2, 0) is 24.4 Å². The Morgan fingerprint density at radius 2 is 1.97 bits per heavy atom. The number of amides is 1. The van der Waals surface area contributed by atoms with Gasteiger partial charge in [0.05, 0.1) is 23.4 Å². The van der Waals surface area contributed by atoms with Gasteiger partial charge in [-0.3, -0.25) is 4.79 Å². The minimum absolute atomic E-state index is 0.0433. The molecule has 2 aliphatic heterocycles. The van der Waals surface area contributed by atoms with Crippen molar-refractivity contribution in [2.45, 2.75) is 110 Å². The highest BCUT2D eigenvalue weighted by atomic mass is 16.7. The Morgan fingerprint density at radius 3 is 2.64 bits per heavy atom. The van der Waals surface area contributed by atoms with Gasteiger partial charge in [-0.1, -0.05) is 71.8 Å². The minimum Gasteiger partial charge on any atom is -0.404 e. The zero-order valence-electron chi connectivity index (χ0n) is 23.3. The SMILES string of the molecule is CC(C)C[C@H](NC(=O)C1CC(c2cccc(C(C)(C)C)c2)=NO1)B1O[C@@H]2C[C@@H]3C[C@@H](C3(C)C)[C@]2(C)O1. The van der Waals surface area contributed by atoms with Crippen molar-refractivity contribution in [3.05, 3.63) is 35.4 Å². The third kappa shape index (κ3) is 4.40. The van der Waals surface area contributed by atoms with Crippen LogP contribution in [0.25, 0.3) is 0 Å². The lowest BCUT2D eigenvalue weighted by molar-refractivity contribution is -0.199. The van der Waals surface area contributed by atoms with Crippen LogP contribution >= 0.6 is 0 Å². The van der Waals surface area contributed by atoms with Crippen LogP contribution in [0.1, 0.15) is 92.2 Å². The lowest BCUT2D eigenvalue weighted by Crippen LogP contribution is -2.65. The lowest BCUT2D eigenvalue weighted by Gasteiger charge is -2.64. The van der Waals surface area contributed by atoms with Crippen LogP contribution in [0.3, 0.4) is 0 Å². The first-order chi connectivity index (χ1) is 16.8. The van der Waals surface area contributed by atoms with Crippen molar-refractivity contribution in [1.82, 2.24) is 5.32 Å². The minimum atomic E-state index is -0.640. The van der Waals surface area contributed by atoms with Crippen molar-refractivity contribution >= 4 is 18.7 Å². The molecule has 7 heteroatoms. The van der Waals surface area contributed by atoms with Gasteiger partial charge in [0.15, 0.2) is 0 Å². The molecule has 5 aliphatic rings. The molecule has 36 heavy (non-hydrogen) atoms. The summed E-state index contributed by atoms with van der Waals surface area (Å²) in [6.45, 7) is 17.9. The molecular formula is C29H43BN2O4. The molecule has 1 aromatic carbocycles. The molecule has 0 aromatic heterocycles. The summed E-state index contributed by atoms with van der Waals surface area (Å²) in [4.78, 5) is 19.0. The molecule has 6 atom stereocenters. The predicted molar refractivity (Wildman–Crippen MR) is 143 cm³/mol. The van der Waals surface area contributed by atoms with E-state index in [1.165, 1.54) is 12.0 Å². The molecule has 6 rings (SSSR count). The number of rotatable bonds is 6. The molecule has 6 nitrogen and oxygen atoms in total. The van der Waals surface area contributed by atoms with E-state index in [9.17, 15) is 4.79 Å². The highest BCUT2D eigenvalue weighted by Crippen LogP contribution is 2.65. The summed E-state index contributed by atoms with van der Waals surface area (Å²) in [6.07, 6.45) is 2.94. The first-order valence-corrected chi connectivity index (χ1v) is 13.8. The highest BCUT2D eigenvalue weighted by Gasteiger charge is 2.68. The van der Waals surface area contributed by atoms with E-state index in [0.29, 0.717) is 24.2 Å². The van der Waals surface area contributed by atoms with Gasteiger partial charge < -0.3 is 19.5 Å². The summed E-state index contributed by atoms with van der Waals surface area (Å²) in [5.41, 5.74) is 3.10. The van der Waals surface area contributed by atoms with Crippen molar-refractivity contribution in [3.8, 4) is 0 Å². The molecule has 1 saturated heterocycles. The quantitative estimate of drug-likeness (QED) is 0.547. The second-order valence-corrected chi connectivity index (χ2v) is 13.7. The van der Waals surface area contributed by atoms with Crippen molar-refractivity contribution in [2.24, 2.45) is 28.3 Å². The summed E-state index contributed by atoms with van der Waals surface area (Å²) >= 11 is 0. The number of hydrogen-bond donors (Lipinski definition) is 1. The highest BCUT2D eigenvalue weighted by molar-refractivity contribution is 6.48. The van der Waals surface area contributed by atoms with E-state index in [4.69, 9.17) is 14.1 Å². The normalized spacial score (nSPS) is 33.5. The van der Waals surface area contributed by atoms with Gasteiger partial charge in [-0.05, 0) is 72.0 Å². The Hall–Kier alpha value is -1.86. The summed E-state index contributed by atoms with van der Waals surface area (Å²) in [7, 11) is -0.438. The van der Waals surface area contributed by atoms with Crippen LogP contribution < -0.4 is 5.32 Å². The topological polar surface area (TPSA) is 69.2 Å². The maximum absolute atomic E-state index is 13.3. The van der Waals surface area contributed by atoms with Crippen LogP contribution in [0, 0.1) is 23.2 Å². The first kappa shape index (κ1) is 25.8. The standard InChI is InChI=1S/C29H43BN2O4/c1-17(2)12-25(30-34-24-15-20-14-23(28(20,6)7)29(24,8)36-30)31-26(33)22-16-21(32-35-22)18-10-9-11-19(13-18)27(3,4)5/h9-11,13,17,20,22-25H,12,14-16H2,1-8H3,(H,31,33)/t20-,22?,23-,24+,25-,29-/m0/s1. The number of carbonyl (C=O) groups is 1. The second-order valence-electron chi connectivity index (χ2n) is 13.7. The Balaban J connectivity index is 1.25. The number of oxime groups is 1. The number of benzene rings is 1. The van der Waals surface area contributed by atoms with E-state index in [1.807, 2.05) is 12.1 Å². The second kappa shape index (κ2) is 8.87. The molecule has 196 valence electrons. The first-order valence-electron chi connectivity index (χ1n) is 13.8. The van der Waals surface area contributed by atoms with Crippen LogP contribution in [0.4, 0.5) is 0 Å². The fourth-order valence-electron chi connectivity index (χ4n) is 6.95. The summed E-state index contributed by atoms with van der Waals surface area (Å²) in [5.74, 6) is 1.20.